The number of nitrogens with zero attached hydrogens (tertiary/aromatic N) is 3. The van der Waals surface area contributed by atoms with Gasteiger partial charge in [0.1, 0.15) is 12.4 Å². The highest BCUT2D eigenvalue weighted by atomic mass is 16.5. The van der Waals surface area contributed by atoms with Crippen LogP contribution in [-0.4, -0.2) is 58.8 Å². The molecule has 7 heteroatoms. The zero-order valence-electron chi connectivity index (χ0n) is 15.4. The standard InChI is InChI=1S/C20H24N4O3/c1-15(19(21)25)23-9-11-24(12-10-23)20(26)17-6-2-3-7-18(17)27-14-16-5-4-8-22-13-16/h2-8,13,15H,9-12,14H2,1H3,(H2,21,25)/t15-/m0/s1. The van der Waals surface area contributed by atoms with Gasteiger partial charge in [-0.1, -0.05) is 18.2 Å². The number of hydrogen-bond acceptors (Lipinski definition) is 5. The van der Waals surface area contributed by atoms with Crippen molar-refractivity contribution in [2.45, 2.75) is 19.6 Å². The summed E-state index contributed by atoms with van der Waals surface area (Å²) in [7, 11) is 0. The van der Waals surface area contributed by atoms with Gasteiger partial charge in [-0.3, -0.25) is 19.5 Å². The Balaban J connectivity index is 1.64. The van der Waals surface area contributed by atoms with E-state index in [2.05, 4.69) is 4.98 Å². The van der Waals surface area contributed by atoms with Crippen LogP contribution in [0.3, 0.4) is 0 Å². The molecule has 2 amide bonds. The van der Waals surface area contributed by atoms with E-state index in [9.17, 15) is 9.59 Å². The van der Waals surface area contributed by atoms with Crippen LogP contribution in [0.4, 0.5) is 0 Å². The number of carbonyl (C=O) groups is 2. The summed E-state index contributed by atoms with van der Waals surface area (Å²) in [6.07, 6.45) is 3.45. The Labute approximate surface area is 158 Å². The Hall–Kier alpha value is -2.93. The van der Waals surface area contributed by atoms with Crippen LogP contribution in [0.15, 0.2) is 48.8 Å². The Morgan fingerprint density at radius 3 is 2.56 bits per heavy atom. The van der Waals surface area contributed by atoms with Crippen molar-refractivity contribution in [1.29, 1.82) is 0 Å². The summed E-state index contributed by atoms with van der Waals surface area (Å²) in [4.78, 5) is 32.2. The molecule has 0 unspecified atom stereocenters. The molecule has 2 heterocycles. The quantitative estimate of drug-likeness (QED) is 0.830. The number of pyridine rings is 1. The SMILES string of the molecule is C[C@@H](C(N)=O)N1CCN(C(=O)c2ccccc2OCc2cccnc2)CC1. The lowest BCUT2D eigenvalue weighted by molar-refractivity contribution is -0.123. The average Bonchev–Trinajstić information content (AvgIpc) is 2.72. The van der Waals surface area contributed by atoms with Gasteiger partial charge in [-0.2, -0.15) is 0 Å². The van der Waals surface area contributed by atoms with Crippen LogP contribution in [0.25, 0.3) is 0 Å². The van der Waals surface area contributed by atoms with Gasteiger partial charge in [0.05, 0.1) is 11.6 Å². The van der Waals surface area contributed by atoms with Crippen LogP contribution in [-0.2, 0) is 11.4 Å². The smallest absolute Gasteiger partial charge is 0.257 e. The summed E-state index contributed by atoms with van der Waals surface area (Å²) < 4.78 is 5.87. The van der Waals surface area contributed by atoms with Crippen molar-refractivity contribution in [3.05, 3.63) is 59.9 Å². The van der Waals surface area contributed by atoms with Crippen LogP contribution < -0.4 is 10.5 Å². The van der Waals surface area contributed by atoms with Crippen LogP contribution in [0.1, 0.15) is 22.8 Å². The zero-order valence-corrected chi connectivity index (χ0v) is 15.4. The molecule has 0 saturated carbocycles. The Morgan fingerprint density at radius 2 is 1.89 bits per heavy atom. The summed E-state index contributed by atoms with van der Waals surface area (Å²) in [5.41, 5.74) is 6.85. The van der Waals surface area contributed by atoms with Crippen molar-refractivity contribution in [2.24, 2.45) is 5.73 Å². The van der Waals surface area contributed by atoms with E-state index in [1.807, 2.05) is 29.2 Å². The molecule has 1 aliphatic heterocycles. The molecule has 1 atom stereocenters. The number of benzene rings is 1. The van der Waals surface area contributed by atoms with Gasteiger partial charge in [-0.25, -0.2) is 0 Å². The molecule has 142 valence electrons. The van der Waals surface area contributed by atoms with Crippen molar-refractivity contribution in [3.8, 4) is 5.75 Å². The minimum atomic E-state index is -0.344. The number of carbonyl (C=O) groups excluding carboxylic acids is 2. The molecule has 1 aromatic heterocycles. The summed E-state index contributed by atoms with van der Waals surface area (Å²) in [5, 5.41) is 0. The monoisotopic (exact) mass is 368 g/mol. The average molecular weight is 368 g/mol. The fourth-order valence-electron chi connectivity index (χ4n) is 3.08. The summed E-state index contributed by atoms with van der Waals surface area (Å²) in [6.45, 7) is 4.48. The number of hydrogen-bond donors (Lipinski definition) is 1. The van der Waals surface area contributed by atoms with Gasteiger partial charge in [0.15, 0.2) is 0 Å². The predicted molar refractivity (Wildman–Crippen MR) is 101 cm³/mol. The van der Waals surface area contributed by atoms with Gasteiger partial charge in [0.2, 0.25) is 5.91 Å². The van der Waals surface area contributed by atoms with Gasteiger partial charge in [0.25, 0.3) is 5.91 Å². The van der Waals surface area contributed by atoms with Crippen LogP contribution in [0.5, 0.6) is 5.75 Å². The molecule has 2 N–H and O–H groups in total. The van der Waals surface area contributed by atoms with Gasteiger partial charge in [0, 0.05) is 44.1 Å². The molecule has 7 nitrogen and oxygen atoms in total. The van der Waals surface area contributed by atoms with Crippen LogP contribution in [0, 0.1) is 0 Å². The molecule has 3 rings (SSSR count). The maximum atomic E-state index is 13.0. The van der Waals surface area contributed by atoms with Gasteiger partial charge < -0.3 is 15.4 Å². The van der Waals surface area contributed by atoms with Crippen molar-refractivity contribution >= 4 is 11.8 Å². The van der Waals surface area contributed by atoms with Crippen LogP contribution >= 0.6 is 0 Å². The molecular formula is C20H24N4O3. The minimum absolute atomic E-state index is 0.0665. The fraction of sp³-hybridized carbons (Fsp3) is 0.350. The van der Waals surface area contributed by atoms with Gasteiger partial charge in [-0.15, -0.1) is 0 Å². The predicted octanol–water partition coefficient (Wildman–Crippen LogP) is 1.29. The van der Waals surface area contributed by atoms with Gasteiger partial charge in [-0.05, 0) is 25.1 Å². The van der Waals surface area contributed by atoms with Crippen molar-refractivity contribution in [1.82, 2.24) is 14.8 Å². The summed E-state index contributed by atoms with van der Waals surface area (Å²) in [6, 6.07) is 10.7. The van der Waals surface area contributed by atoms with E-state index in [4.69, 9.17) is 10.5 Å². The summed E-state index contributed by atoms with van der Waals surface area (Å²) >= 11 is 0. The molecule has 1 aliphatic rings. The highest BCUT2D eigenvalue weighted by Gasteiger charge is 2.27. The molecule has 2 aromatic rings. The first-order valence-electron chi connectivity index (χ1n) is 8.99. The number of aromatic nitrogens is 1. The van der Waals surface area contributed by atoms with E-state index in [1.165, 1.54) is 0 Å². The lowest BCUT2D eigenvalue weighted by Gasteiger charge is -2.37. The molecule has 1 aromatic carbocycles. The van der Waals surface area contributed by atoms with Gasteiger partial charge >= 0.3 is 0 Å². The molecule has 1 fully saturated rings. The third-order valence-corrected chi connectivity index (χ3v) is 4.80. The fourth-order valence-corrected chi connectivity index (χ4v) is 3.08. The number of amides is 2. The topological polar surface area (TPSA) is 88.8 Å². The Morgan fingerprint density at radius 1 is 1.15 bits per heavy atom. The van der Waals surface area contributed by atoms with E-state index in [0.717, 1.165) is 5.56 Å². The lowest BCUT2D eigenvalue weighted by atomic mass is 10.1. The second-order valence-corrected chi connectivity index (χ2v) is 6.55. The number of nitrogens with two attached hydrogens (primary N) is 1. The molecule has 0 bridgehead atoms. The first-order chi connectivity index (χ1) is 13.1. The highest BCUT2D eigenvalue weighted by Crippen LogP contribution is 2.22. The number of primary amides is 1. The third-order valence-electron chi connectivity index (χ3n) is 4.80. The molecule has 1 saturated heterocycles. The lowest BCUT2D eigenvalue weighted by Crippen LogP contribution is -2.54. The van der Waals surface area contributed by atoms with Crippen LogP contribution in [0.2, 0.25) is 0 Å². The first-order valence-corrected chi connectivity index (χ1v) is 8.99. The normalized spacial score (nSPS) is 16.0. The molecule has 0 spiro atoms. The maximum absolute atomic E-state index is 13.0. The largest absolute Gasteiger partial charge is 0.488 e. The van der Waals surface area contributed by atoms with Crippen molar-refractivity contribution < 1.29 is 14.3 Å². The molecule has 27 heavy (non-hydrogen) atoms. The molecule has 0 radical (unpaired) electrons. The Bertz CT molecular complexity index is 789. The van der Waals surface area contributed by atoms with E-state index in [0.29, 0.717) is 44.1 Å². The number of piperazine rings is 1. The molecular weight excluding hydrogens is 344 g/mol. The van der Waals surface area contributed by atoms with E-state index in [1.54, 1.807) is 36.4 Å². The first kappa shape index (κ1) is 18.8. The minimum Gasteiger partial charge on any atom is -0.488 e. The second-order valence-electron chi connectivity index (χ2n) is 6.55. The Kier molecular flexibility index (Phi) is 6.03. The van der Waals surface area contributed by atoms with Crippen molar-refractivity contribution in [3.63, 3.8) is 0 Å². The van der Waals surface area contributed by atoms with E-state index < -0.39 is 0 Å². The summed E-state index contributed by atoms with van der Waals surface area (Å²) in [5.74, 6) is 0.145. The second kappa shape index (κ2) is 8.64. The molecule has 0 aliphatic carbocycles. The highest BCUT2D eigenvalue weighted by molar-refractivity contribution is 5.97. The van der Waals surface area contributed by atoms with E-state index in [-0.39, 0.29) is 17.9 Å². The number of rotatable bonds is 6. The number of ether oxygens (including phenoxy) is 1. The maximum Gasteiger partial charge on any atom is 0.257 e. The van der Waals surface area contributed by atoms with Crippen molar-refractivity contribution in [2.75, 3.05) is 26.2 Å². The zero-order chi connectivity index (χ0) is 19.2. The third kappa shape index (κ3) is 4.62. The van der Waals surface area contributed by atoms with E-state index >= 15 is 0 Å². The number of para-hydroxylation sites is 1.